The van der Waals surface area contributed by atoms with Crippen LogP contribution in [0.4, 0.5) is 0 Å². The van der Waals surface area contributed by atoms with Gasteiger partial charge in [-0.3, -0.25) is 4.79 Å². The molecule has 4 nitrogen and oxygen atoms in total. The van der Waals surface area contributed by atoms with E-state index < -0.39 is 28.4 Å². The molecule has 2 atom stereocenters. The number of carboxylic acid groups (broad SMARTS) is 1. The Kier molecular flexibility index (Phi) is 3.83. The van der Waals surface area contributed by atoms with Crippen LogP contribution in [0.3, 0.4) is 0 Å². The Morgan fingerprint density at radius 2 is 1.68 bits per heavy atom. The van der Waals surface area contributed by atoms with Gasteiger partial charge in [0.05, 0.1) is 0 Å². The summed E-state index contributed by atoms with van der Waals surface area (Å²) in [5, 5.41) is 10.1. The van der Waals surface area contributed by atoms with E-state index >= 15 is 0 Å². The summed E-state index contributed by atoms with van der Waals surface area (Å²) in [4.78, 5) is 25.0. The van der Waals surface area contributed by atoms with Crippen molar-refractivity contribution in [2.24, 2.45) is 22.2 Å². The third-order valence-electron chi connectivity index (χ3n) is 7.49. The minimum atomic E-state index is -1.32. The fourth-order valence-electron chi connectivity index (χ4n) is 5.81. The molecule has 0 spiro atoms. The highest BCUT2D eigenvalue weighted by Crippen LogP contribution is 2.74. The normalized spacial score (nSPS) is 40.9. The second-order valence-corrected chi connectivity index (χ2v) is 8.71. The standard InChI is InChI=1S/C21H28O4/c1-14(2)16(22)25-21(11-7-6-10-19(21,5)17(23)24)20-12-8-15(9-13-20)18(20,3)4/h6-7,10-11,15H,1,8-9,12-13H2,2-5H3,(H,23,24). The zero-order valence-electron chi connectivity index (χ0n) is 15.6. The van der Waals surface area contributed by atoms with Gasteiger partial charge in [-0.1, -0.05) is 38.7 Å². The van der Waals surface area contributed by atoms with E-state index in [0.717, 1.165) is 25.7 Å². The Morgan fingerprint density at radius 3 is 2.12 bits per heavy atom. The van der Waals surface area contributed by atoms with Crippen LogP contribution in [0.1, 0.15) is 53.4 Å². The lowest BCUT2D eigenvalue weighted by molar-refractivity contribution is -0.203. The summed E-state index contributed by atoms with van der Waals surface area (Å²) in [6.45, 7) is 11.4. The minimum absolute atomic E-state index is 0.103. The monoisotopic (exact) mass is 344 g/mol. The van der Waals surface area contributed by atoms with E-state index in [4.69, 9.17) is 4.74 Å². The number of esters is 1. The Bertz CT molecular complexity index is 691. The molecule has 0 aliphatic heterocycles. The molecule has 0 saturated heterocycles. The van der Waals surface area contributed by atoms with Crippen molar-refractivity contribution in [2.75, 3.05) is 0 Å². The highest BCUT2D eigenvalue weighted by molar-refractivity contribution is 5.89. The molecule has 2 bridgehead atoms. The van der Waals surface area contributed by atoms with Gasteiger partial charge in [-0.05, 0) is 56.9 Å². The van der Waals surface area contributed by atoms with Crippen LogP contribution in [0, 0.1) is 22.2 Å². The largest absolute Gasteiger partial charge is 0.480 e. The molecule has 0 radical (unpaired) electrons. The first-order valence-corrected chi connectivity index (χ1v) is 9.03. The molecule has 1 N–H and O–H groups in total. The number of hydrogen-bond donors (Lipinski definition) is 1. The van der Waals surface area contributed by atoms with Gasteiger partial charge in [0.2, 0.25) is 0 Å². The predicted octanol–water partition coefficient (Wildman–Crippen LogP) is 4.28. The van der Waals surface area contributed by atoms with E-state index in [0.29, 0.717) is 5.92 Å². The third kappa shape index (κ3) is 2.00. The van der Waals surface area contributed by atoms with Gasteiger partial charge >= 0.3 is 11.9 Å². The molecule has 3 aliphatic carbocycles. The average Bonchev–Trinajstić information content (AvgIpc) is 2.95. The molecule has 0 heterocycles. The fraction of sp³-hybridized carbons (Fsp3) is 0.619. The van der Waals surface area contributed by atoms with Gasteiger partial charge in [0.1, 0.15) is 5.41 Å². The fourth-order valence-corrected chi connectivity index (χ4v) is 5.81. The van der Waals surface area contributed by atoms with Gasteiger partial charge in [0.15, 0.2) is 5.60 Å². The Balaban J connectivity index is 2.26. The molecule has 3 aliphatic rings. The van der Waals surface area contributed by atoms with E-state index in [1.807, 2.05) is 12.2 Å². The maximum absolute atomic E-state index is 12.6. The highest BCUT2D eigenvalue weighted by Gasteiger charge is 2.74. The van der Waals surface area contributed by atoms with Crippen molar-refractivity contribution in [3.8, 4) is 0 Å². The number of allylic oxidation sites excluding steroid dienone is 2. The zero-order chi connectivity index (χ0) is 18.7. The molecule has 25 heavy (non-hydrogen) atoms. The lowest BCUT2D eigenvalue weighted by Crippen LogP contribution is -2.65. The molecule has 136 valence electrons. The highest BCUT2D eigenvalue weighted by atomic mass is 16.6. The van der Waals surface area contributed by atoms with Crippen LogP contribution >= 0.6 is 0 Å². The summed E-state index contributed by atoms with van der Waals surface area (Å²) in [6.07, 6.45) is 10.9. The number of fused-ring (bicyclic) bond motifs is 2. The summed E-state index contributed by atoms with van der Waals surface area (Å²) in [5.74, 6) is -0.957. The average molecular weight is 344 g/mol. The summed E-state index contributed by atoms with van der Waals surface area (Å²) >= 11 is 0. The lowest BCUT2D eigenvalue weighted by Gasteiger charge is -2.57. The number of rotatable bonds is 4. The smallest absolute Gasteiger partial charge is 0.334 e. The number of carboxylic acids is 1. The second kappa shape index (κ2) is 5.33. The molecule has 0 amide bonds. The van der Waals surface area contributed by atoms with Crippen LogP contribution < -0.4 is 0 Å². The molecular weight excluding hydrogens is 316 g/mol. The molecule has 4 heteroatoms. The first-order valence-electron chi connectivity index (χ1n) is 9.03. The SMILES string of the molecule is C=C(C)C(=O)OC1(C23CCC(CC2)C3(C)C)C=CC=CC1(C)C(=O)O. The molecule has 2 fully saturated rings. The Labute approximate surface area is 149 Å². The minimum Gasteiger partial charge on any atom is -0.480 e. The van der Waals surface area contributed by atoms with Crippen molar-refractivity contribution in [3.05, 3.63) is 36.5 Å². The van der Waals surface area contributed by atoms with Gasteiger partial charge in [0, 0.05) is 11.0 Å². The molecule has 2 unspecified atom stereocenters. The first kappa shape index (κ1) is 18.0. The maximum atomic E-state index is 12.6. The quantitative estimate of drug-likeness (QED) is 0.611. The van der Waals surface area contributed by atoms with Crippen LogP contribution in [-0.4, -0.2) is 22.6 Å². The number of ether oxygens (including phenoxy) is 1. The van der Waals surface area contributed by atoms with Gasteiger partial charge in [-0.2, -0.15) is 0 Å². The Morgan fingerprint density at radius 1 is 1.12 bits per heavy atom. The summed E-state index contributed by atoms with van der Waals surface area (Å²) in [6, 6.07) is 0. The second-order valence-electron chi connectivity index (χ2n) is 8.71. The Hall–Kier alpha value is -1.84. The van der Waals surface area contributed by atoms with Gasteiger partial charge in [-0.15, -0.1) is 0 Å². The van der Waals surface area contributed by atoms with Crippen LogP contribution in [0.15, 0.2) is 36.5 Å². The third-order valence-corrected chi connectivity index (χ3v) is 7.49. The van der Waals surface area contributed by atoms with E-state index in [-0.39, 0.29) is 11.0 Å². The van der Waals surface area contributed by atoms with Gasteiger partial charge < -0.3 is 9.84 Å². The van der Waals surface area contributed by atoms with Gasteiger partial charge in [-0.25, -0.2) is 4.79 Å². The molecule has 0 aromatic rings. The molecule has 0 aromatic carbocycles. The van der Waals surface area contributed by atoms with Crippen molar-refractivity contribution in [1.29, 1.82) is 0 Å². The van der Waals surface area contributed by atoms with Crippen molar-refractivity contribution in [3.63, 3.8) is 0 Å². The lowest BCUT2D eigenvalue weighted by atomic mass is 9.50. The summed E-state index contributed by atoms with van der Waals surface area (Å²) in [7, 11) is 0. The number of carbonyl (C=O) groups excluding carboxylic acids is 1. The van der Waals surface area contributed by atoms with Crippen LogP contribution in [0.5, 0.6) is 0 Å². The molecular formula is C21H28O4. The number of aliphatic carboxylic acids is 1. The van der Waals surface area contributed by atoms with E-state index in [1.54, 1.807) is 26.0 Å². The number of hydrogen-bond acceptors (Lipinski definition) is 3. The van der Waals surface area contributed by atoms with Crippen molar-refractivity contribution >= 4 is 11.9 Å². The van der Waals surface area contributed by atoms with Crippen molar-refractivity contribution in [1.82, 2.24) is 0 Å². The van der Waals surface area contributed by atoms with Crippen molar-refractivity contribution in [2.45, 2.75) is 59.0 Å². The van der Waals surface area contributed by atoms with Crippen molar-refractivity contribution < 1.29 is 19.4 Å². The first-order chi connectivity index (χ1) is 11.5. The summed E-state index contributed by atoms with van der Waals surface area (Å²) in [5.41, 5.74) is -2.75. The maximum Gasteiger partial charge on any atom is 0.334 e. The summed E-state index contributed by atoms with van der Waals surface area (Å²) < 4.78 is 6.10. The van der Waals surface area contributed by atoms with Crippen LogP contribution in [0.2, 0.25) is 0 Å². The van der Waals surface area contributed by atoms with E-state index in [2.05, 4.69) is 20.4 Å². The number of carbonyl (C=O) groups is 2. The van der Waals surface area contributed by atoms with Crippen LogP contribution in [0.25, 0.3) is 0 Å². The molecule has 0 aromatic heterocycles. The molecule has 3 rings (SSSR count). The van der Waals surface area contributed by atoms with Crippen LogP contribution in [-0.2, 0) is 14.3 Å². The zero-order valence-corrected chi connectivity index (χ0v) is 15.6. The van der Waals surface area contributed by atoms with E-state index in [9.17, 15) is 14.7 Å². The predicted molar refractivity (Wildman–Crippen MR) is 95.8 cm³/mol. The van der Waals surface area contributed by atoms with E-state index in [1.165, 1.54) is 0 Å². The topological polar surface area (TPSA) is 63.6 Å². The van der Waals surface area contributed by atoms with Gasteiger partial charge in [0.25, 0.3) is 0 Å². The molecule has 2 saturated carbocycles.